The van der Waals surface area contributed by atoms with E-state index in [0.29, 0.717) is 24.0 Å². The zero-order valence-electron chi connectivity index (χ0n) is 21.0. The van der Waals surface area contributed by atoms with E-state index in [1.54, 1.807) is 6.08 Å². The second-order valence-corrected chi connectivity index (χ2v) is 10.3. The SMILES string of the molecule is N[C@@H]1CC=c2ccc3c(c2C1=O)C(CC1=CC=C(C(F)(F)F)N(Cc2ccc(F)cc2)C1)C=c1ccccc1=3. The van der Waals surface area contributed by atoms with Crippen molar-refractivity contribution in [1.29, 1.82) is 0 Å². The van der Waals surface area contributed by atoms with Gasteiger partial charge in [0.15, 0.2) is 5.78 Å². The number of alkyl halides is 3. The summed E-state index contributed by atoms with van der Waals surface area (Å²) in [5, 5.41) is 3.86. The summed E-state index contributed by atoms with van der Waals surface area (Å²) < 4.78 is 55.2. The minimum absolute atomic E-state index is 0.00549. The predicted octanol–water partition coefficient (Wildman–Crippen LogP) is 4.96. The van der Waals surface area contributed by atoms with Crippen molar-refractivity contribution in [3.05, 3.63) is 127 Å². The summed E-state index contributed by atoms with van der Waals surface area (Å²) >= 11 is 0. The molecule has 0 fully saturated rings. The van der Waals surface area contributed by atoms with Crippen molar-refractivity contribution in [2.24, 2.45) is 5.73 Å². The Bertz CT molecular complexity index is 1750. The molecule has 1 aliphatic heterocycles. The molecule has 6 rings (SSSR count). The van der Waals surface area contributed by atoms with Crippen LogP contribution in [0.25, 0.3) is 12.2 Å². The van der Waals surface area contributed by atoms with E-state index in [4.69, 9.17) is 5.73 Å². The lowest BCUT2D eigenvalue weighted by atomic mass is 9.79. The normalized spacial score (nSPS) is 20.1. The molecule has 1 heterocycles. The van der Waals surface area contributed by atoms with Crippen LogP contribution in [0.4, 0.5) is 17.6 Å². The average Bonchev–Trinajstić information content (AvgIpc) is 2.91. The van der Waals surface area contributed by atoms with Crippen molar-refractivity contribution in [3.63, 3.8) is 0 Å². The zero-order valence-corrected chi connectivity index (χ0v) is 21.0. The van der Waals surface area contributed by atoms with Gasteiger partial charge < -0.3 is 10.6 Å². The topological polar surface area (TPSA) is 46.3 Å². The number of rotatable bonds is 4. The lowest BCUT2D eigenvalue weighted by Crippen LogP contribution is -2.39. The first-order valence-electron chi connectivity index (χ1n) is 12.9. The minimum atomic E-state index is -4.53. The van der Waals surface area contributed by atoms with E-state index < -0.39 is 23.7 Å². The van der Waals surface area contributed by atoms with Crippen LogP contribution in [0, 0.1) is 16.3 Å². The molecule has 7 heteroatoms. The fraction of sp³-hybridized carbons (Fsp3) is 0.219. The molecule has 3 nitrogen and oxygen atoms in total. The minimum Gasteiger partial charge on any atom is -0.359 e. The molecule has 2 N–H and O–H groups in total. The fourth-order valence-corrected chi connectivity index (χ4v) is 5.92. The van der Waals surface area contributed by atoms with Gasteiger partial charge in [0.25, 0.3) is 0 Å². The third-order valence-electron chi connectivity index (χ3n) is 7.73. The van der Waals surface area contributed by atoms with E-state index in [0.717, 1.165) is 38.1 Å². The average molecular weight is 531 g/mol. The highest BCUT2D eigenvalue weighted by molar-refractivity contribution is 6.03. The van der Waals surface area contributed by atoms with Crippen LogP contribution in [0.2, 0.25) is 0 Å². The van der Waals surface area contributed by atoms with Crippen molar-refractivity contribution in [2.45, 2.75) is 37.5 Å². The number of hydrogen-bond acceptors (Lipinski definition) is 3. The highest BCUT2D eigenvalue weighted by Gasteiger charge is 2.39. The molecule has 2 atom stereocenters. The van der Waals surface area contributed by atoms with Gasteiger partial charge in [0.1, 0.15) is 11.5 Å². The maximum atomic E-state index is 13.9. The third-order valence-corrected chi connectivity index (χ3v) is 7.73. The first-order chi connectivity index (χ1) is 18.7. The van der Waals surface area contributed by atoms with Crippen LogP contribution in [0.3, 0.4) is 0 Å². The first-order valence-corrected chi connectivity index (χ1v) is 12.9. The van der Waals surface area contributed by atoms with Crippen LogP contribution in [0.15, 0.2) is 84.1 Å². The van der Waals surface area contributed by atoms with Gasteiger partial charge in [0, 0.05) is 24.6 Å². The number of ketones is 1. The van der Waals surface area contributed by atoms with E-state index in [1.807, 2.05) is 42.5 Å². The molecule has 0 radical (unpaired) electrons. The Morgan fingerprint density at radius 1 is 0.923 bits per heavy atom. The largest absolute Gasteiger partial charge is 0.431 e. The predicted molar refractivity (Wildman–Crippen MR) is 142 cm³/mol. The zero-order chi connectivity index (χ0) is 27.3. The number of fused-ring (bicyclic) bond motifs is 4. The number of benzene rings is 3. The number of nitrogens with zero attached hydrogens (tertiary/aromatic N) is 1. The summed E-state index contributed by atoms with van der Waals surface area (Å²) in [6.07, 6.45) is 3.16. The van der Waals surface area contributed by atoms with Gasteiger partial charge in [-0.05, 0) is 68.6 Å². The van der Waals surface area contributed by atoms with Gasteiger partial charge >= 0.3 is 6.18 Å². The lowest BCUT2D eigenvalue weighted by molar-refractivity contribution is -0.112. The van der Waals surface area contributed by atoms with Gasteiger partial charge in [-0.2, -0.15) is 13.2 Å². The van der Waals surface area contributed by atoms with Crippen LogP contribution in [-0.4, -0.2) is 29.4 Å². The number of carbonyl (C=O) groups excluding carboxylic acids is 1. The van der Waals surface area contributed by atoms with Crippen molar-refractivity contribution in [2.75, 3.05) is 6.54 Å². The summed E-state index contributed by atoms with van der Waals surface area (Å²) in [6, 6.07) is 16.8. The molecule has 3 aliphatic rings. The van der Waals surface area contributed by atoms with Gasteiger partial charge in [-0.3, -0.25) is 4.79 Å². The second kappa shape index (κ2) is 9.65. The number of Topliss-reactive ketones (excluding diaryl/α,β-unsaturated/α-hetero) is 1. The van der Waals surface area contributed by atoms with E-state index in [-0.39, 0.29) is 24.8 Å². The Kier molecular flexibility index (Phi) is 6.26. The molecule has 0 saturated carbocycles. The Morgan fingerprint density at radius 2 is 1.69 bits per heavy atom. The number of carbonyl (C=O) groups is 1. The highest BCUT2D eigenvalue weighted by Crippen LogP contribution is 2.37. The number of halogens is 4. The standard InChI is InChI=1S/C32H26F4N2O/c33-24-10-5-19(6-11-24)17-38-18-20(7-14-28(38)32(34,35)36)15-23-16-22-3-1-2-4-25(22)26-12-8-21-9-13-27(37)31(39)30(21)29(23)26/h1-12,14,16,23,27H,13,15,17-18,37H2/t23?,27-/m1/s1. The van der Waals surface area contributed by atoms with Crippen molar-refractivity contribution < 1.29 is 22.4 Å². The number of hydrogen-bond donors (Lipinski definition) is 1. The van der Waals surface area contributed by atoms with Gasteiger partial charge in [0.2, 0.25) is 0 Å². The van der Waals surface area contributed by atoms with Gasteiger partial charge in [0.05, 0.1) is 6.04 Å². The summed E-state index contributed by atoms with van der Waals surface area (Å²) in [7, 11) is 0. The summed E-state index contributed by atoms with van der Waals surface area (Å²) in [4.78, 5) is 14.6. The maximum Gasteiger partial charge on any atom is 0.431 e. The first kappa shape index (κ1) is 25.3. The van der Waals surface area contributed by atoms with E-state index in [1.165, 1.54) is 29.2 Å². The molecule has 198 valence electrons. The Labute approximate surface area is 222 Å². The number of nitrogens with two attached hydrogens (primary N) is 1. The Morgan fingerprint density at radius 3 is 2.46 bits per heavy atom. The van der Waals surface area contributed by atoms with Crippen molar-refractivity contribution in [1.82, 2.24) is 4.90 Å². The molecule has 3 aromatic carbocycles. The summed E-state index contributed by atoms with van der Waals surface area (Å²) in [6.45, 7) is 0.0626. The third kappa shape index (κ3) is 4.72. The highest BCUT2D eigenvalue weighted by atomic mass is 19.4. The van der Waals surface area contributed by atoms with Crippen molar-refractivity contribution >= 4 is 17.9 Å². The van der Waals surface area contributed by atoms with Crippen LogP contribution >= 0.6 is 0 Å². The molecule has 2 aliphatic carbocycles. The summed E-state index contributed by atoms with van der Waals surface area (Å²) in [5.41, 5.74) is 8.33. The Balaban J connectivity index is 1.42. The van der Waals surface area contributed by atoms with E-state index in [9.17, 15) is 22.4 Å². The smallest absolute Gasteiger partial charge is 0.359 e. The van der Waals surface area contributed by atoms with Gasteiger partial charge in [-0.25, -0.2) is 4.39 Å². The van der Waals surface area contributed by atoms with Crippen molar-refractivity contribution in [3.8, 4) is 0 Å². The number of allylic oxidation sites excluding steroid dienone is 3. The molecule has 1 unspecified atom stereocenters. The summed E-state index contributed by atoms with van der Waals surface area (Å²) in [5.74, 6) is -0.754. The molecule has 3 aromatic rings. The molecule has 0 bridgehead atoms. The van der Waals surface area contributed by atoms with Crippen LogP contribution < -0.4 is 16.2 Å². The lowest BCUT2D eigenvalue weighted by Gasteiger charge is -2.33. The van der Waals surface area contributed by atoms with Crippen LogP contribution in [0.5, 0.6) is 0 Å². The molecular formula is C32H26F4N2O. The van der Waals surface area contributed by atoms with Crippen LogP contribution in [-0.2, 0) is 6.54 Å². The molecule has 0 aromatic heterocycles. The molecule has 39 heavy (non-hydrogen) atoms. The fourth-order valence-electron chi connectivity index (χ4n) is 5.92. The molecule has 0 amide bonds. The van der Waals surface area contributed by atoms with Crippen LogP contribution in [0.1, 0.15) is 40.2 Å². The monoisotopic (exact) mass is 530 g/mol. The molecule has 0 saturated heterocycles. The quantitative estimate of drug-likeness (QED) is 0.485. The Hall–Kier alpha value is -3.97. The van der Waals surface area contributed by atoms with Gasteiger partial charge in [-0.1, -0.05) is 66.8 Å². The van der Waals surface area contributed by atoms with Gasteiger partial charge in [-0.15, -0.1) is 0 Å². The van der Waals surface area contributed by atoms with E-state index in [2.05, 4.69) is 6.08 Å². The van der Waals surface area contributed by atoms with E-state index >= 15 is 0 Å². The second-order valence-electron chi connectivity index (χ2n) is 10.3. The molecular weight excluding hydrogens is 504 g/mol. The molecule has 0 spiro atoms. The maximum absolute atomic E-state index is 13.9.